The van der Waals surface area contributed by atoms with Gasteiger partial charge in [0.1, 0.15) is 0 Å². The third kappa shape index (κ3) is 3.65. The van der Waals surface area contributed by atoms with Gasteiger partial charge < -0.3 is 10.4 Å². The summed E-state index contributed by atoms with van der Waals surface area (Å²) in [4.78, 5) is 0. The molecule has 0 bridgehead atoms. The maximum atomic E-state index is 8.93. The van der Waals surface area contributed by atoms with Crippen LogP contribution in [0.3, 0.4) is 0 Å². The summed E-state index contributed by atoms with van der Waals surface area (Å²) in [6, 6.07) is 5.48. The Morgan fingerprint density at radius 2 is 2.00 bits per heavy atom. The van der Waals surface area contributed by atoms with Crippen LogP contribution in [0, 0.1) is 0 Å². The van der Waals surface area contributed by atoms with Crippen molar-refractivity contribution in [3.63, 3.8) is 0 Å². The molecule has 0 aliphatic rings. The lowest BCUT2D eigenvalue weighted by atomic mass is 10.1. The van der Waals surface area contributed by atoms with E-state index in [1.165, 1.54) is 0 Å². The molecule has 1 aromatic rings. The van der Waals surface area contributed by atoms with Crippen molar-refractivity contribution in [1.82, 2.24) is 5.32 Å². The molecule has 15 heavy (non-hydrogen) atoms. The van der Waals surface area contributed by atoms with Crippen LogP contribution in [0.15, 0.2) is 18.2 Å². The molecule has 0 saturated carbocycles. The third-order valence-corrected chi connectivity index (χ3v) is 2.81. The van der Waals surface area contributed by atoms with E-state index in [1.807, 2.05) is 19.9 Å². The summed E-state index contributed by atoms with van der Waals surface area (Å²) in [5.74, 6) is 0. The van der Waals surface area contributed by atoms with Crippen LogP contribution >= 0.6 is 23.2 Å². The molecule has 0 unspecified atom stereocenters. The number of aliphatic hydroxyl groups excluding tert-OH is 1. The minimum absolute atomic E-state index is 0.0371. The van der Waals surface area contributed by atoms with E-state index in [9.17, 15) is 0 Å². The van der Waals surface area contributed by atoms with E-state index in [4.69, 9.17) is 28.3 Å². The third-order valence-electron chi connectivity index (χ3n) is 2.23. The zero-order chi connectivity index (χ0) is 11.4. The molecule has 0 radical (unpaired) electrons. The highest BCUT2D eigenvalue weighted by Gasteiger charge is 2.12. The van der Waals surface area contributed by atoms with Gasteiger partial charge in [-0.1, -0.05) is 23.2 Å². The van der Waals surface area contributed by atoms with E-state index in [0.717, 1.165) is 5.56 Å². The largest absolute Gasteiger partial charge is 0.395 e. The van der Waals surface area contributed by atoms with Gasteiger partial charge in [0.2, 0.25) is 0 Å². The second-order valence-electron chi connectivity index (χ2n) is 3.64. The SMILES string of the molecule is C[C@H](N[C@@H](C)CO)c1cc(Cl)ccc1Cl. The van der Waals surface area contributed by atoms with E-state index >= 15 is 0 Å². The molecule has 0 aliphatic carbocycles. The second-order valence-corrected chi connectivity index (χ2v) is 4.48. The predicted molar refractivity (Wildman–Crippen MR) is 64.6 cm³/mol. The molecule has 84 valence electrons. The van der Waals surface area contributed by atoms with E-state index < -0.39 is 0 Å². The van der Waals surface area contributed by atoms with Crippen molar-refractivity contribution in [3.05, 3.63) is 33.8 Å². The number of hydrogen-bond donors (Lipinski definition) is 2. The molecule has 0 aromatic heterocycles. The van der Waals surface area contributed by atoms with Crippen LogP contribution in [0.5, 0.6) is 0 Å². The second kappa shape index (κ2) is 5.71. The number of halogens is 2. The van der Waals surface area contributed by atoms with Gasteiger partial charge in [-0.25, -0.2) is 0 Å². The molecular weight excluding hydrogens is 233 g/mol. The number of aliphatic hydroxyl groups is 1. The maximum Gasteiger partial charge on any atom is 0.0582 e. The highest BCUT2D eigenvalue weighted by Crippen LogP contribution is 2.26. The highest BCUT2D eigenvalue weighted by atomic mass is 35.5. The van der Waals surface area contributed by atoms with Gasteiger partial charge in [0.05, 0.1) is 6.61 Å². The van der Waals surface area contributed by atoms with Gasteiger partial charge in [-0.15, -0.1) is 0 Å². The molecule has 4 heteroatoms. The predicted octanol–water partition coefficient (Wildman–Crippen LogP) is 3.02. The average Bonchev–Trinajstić information content (AvgIpc) is 2.21. The average molecular weight is 248 g/mol. The van der Waals surface area contributed by atoms with Crippen LogP contribution < -0.4 is 5.32 Å². The van der Waals surface area contributed by atoms with E-state index in [1.54, 1.807) is 12.1 Å². The van der Waals surface area contributed by atoms with Crippen molar-refractivity contribution in [2.75, 3.05) is 6.61 Å². The molecule has 0 amide bonds. The highest BCUT2D eigenvalue weighted by molar-refractivity contribution is 6.33. The monoisotopic (exact) mass is 247 g/mol. The molecule has 0 heterocycles. The van der Waals surface area contributed by atoms with Crippen molar-refractivity contribution >= 4 is 23.2 Å². The fourth-order valence-electron chi connectivity index (χ4n) is 1.42. The topological polar surface area (TPSA) is 32.3 Å². The molecule has 0 saturated heterocycles. The Labute approximate surface area is 100 Å². The van der Waals surface area contributed by atoms with Gasteiger partial charge in [0.25, 0.3) is 0 Å². The van der Waals surface area contributed by atoms with E-state index in [0.29, 0.717) is 10.0 Å². The molecule has 2 N–H and O–H groups in total. The summed E-state index contributed by atoms with van der Waals surface area (Å²) in [7, 11) is 0. The lowest BCUT2D eigenvalue weighted by Crippen LogP contribution is -2.31. The Kier molecular flexibility index (Phi) is 4.87. The van der Waals surface area contributed by atoms with Crippen LogP contribution in [-0.2, 0) is 0 Å². The van der Waals surface area contributed by atoms with Gasteiger partial charge in [-0.3, -0.25) is 0 Å². The minimum atomic E-state index is 0.0371. The Hall–Kier alpha value is -0.280. The molecule has 2 atom stereocenters. The zero-order valence-electron chi connectivity index (χ0n) is 8.80. The van der Waals surface area contributed by atoms with Crippen molar-refractivity contribution < 1.29 is 5.11 Å². The molecule has 0 spiro atoms. The van der Waals surface area contributed by atoms with Gasteiger partial charge in [0, 0.05) is 22.1 Å². The van der Waals surface area contributed by atoms with Gasteiger partial charge in [0.15, 0.2) is 0 Å². The maximum absolute atomic E-state index is 8.93. The first-order chi connectivity index (χ1) is 7.04. The van der Waals surface area contributed by atoms with Crippen LogP contribution in [0.2, 0.25) is 10.0 Å². The molecule has 0 fully saturated rings. The molecule has 1 aromatic carbocycles. The fraction of sp³-hybridized carbons (Fsp3) is 0.455. The number of hydrogen-bond acceptors (Lipinski definition) is 2. The number of nitrogens with one attached hydrogen (secondary N) is 1. The van der Waals surface area contributed by atoms with Gasteiger partial charge >= 0.3 is 0 Å². The quantitative estimate of drug-likeness (QED) is 0.858. The standard InChI is InChI=1S/C11H15Cl2NO/c1-7(6-15)14-8(2)10-5-9(12)3-4-11(10)13/h3-5,7-8,14-15H,6H2,1-2H3/t7-,8-/m0/s1. The van der Waals surface area contributed by atoms with E-state index in [-0.39, 0.29) is 18.7 Å². The van der Waals surface area contributed by atoms with Crippen molar-refractivity contribution in [2.24, 2.45) is 0 Å². The van der Waals surface area contributed by atoms with Crippen LogP contribution in [0.4, 0.5) is 0 Å². The Morgan fingerprint density at radius 1 is 1.33 bits per heavy atom. The molecule has 1 rings (SSSR count). The summed E-state index contributed by atoms with van der Waals surface area (Å²) in [5, 5.41) is 13.5. The number of benzene rings is 1. The Balaban J connectivity index is 2.80. The summed E-state index contributed by atoms with van der Waals surface area (Å²) in [5.41, 5.74) is 0.949. The van der Waals surface area contributed by atoms with Crippen LogP contribution in [0.25, 0.3) is 0 Å². The Bertz CT molecular complexity index is 330. The fourth-order valence-corrected chi connectivity index (χ4v) is 1.88. The lowest BCUT2D eigenvalue weighted by Gasteiger charge is -2.19. The minimum Gasteiger partial charge on any atom is -0.395 e. The summed E-state index contributed by atoms with van der Waals surface area (Å²) in [6.07, 6.45) is 0. The summed E-state index contributed by atoms with van der Waals surface area (Å²) >= 11 is 12.0. The Morgan fingerprint density at radius 3 is 2.60 bits per heavy atom. The number of rotatable bonds is 4. The summed E-state index contributed by atoms with van der Waals surface area (Å²) < 4.78 is 0. The first kappa shape index (κ1) is 12.8. The molecular formula is C11H15Cl2NO. The molecule has 0 aliphatic heterocycles. The van der Waals surface area contributed by atoms with Crippen LogP contribution in [0.1, 0.15) is 25.5 Å². The normalized spacial score (nSPS) is 15.0. The first-order valence-electron chi connectivity index (χ1n) is 4.86. The van der Waals surface area contributed by atoms with Crippen LogP contribution in [-0.4, -0.2) is 17.8 Å². The van der Waals surface area contributed by atoms with Crippen molar-refractivity contribution in [3.8, 4) is 0 Å². The lowest BCUT2D eigenvalue weighted by molar-refractivity contribution is 0.243. The van der Waals surface area contributed by atoms with Gasteiger partial charge in [-0.05, 0) is 37.6 Å². The van der Waals surface area contributed by atoms with Crippen molar-refractivity contribution in [1.29, 1.82) is 0 Å². The van der Waals surface area contributed by atoms with Crippen molar-refractivity contribution in [2.45, 2.75) is 25.9 Å². The molecule has 2 nitrogen and oxygen atoms in total. The summed E-state index contributed by atoms with van der Waals surface area (Å²) in [6.45, 7) is 4.00. The van der Waals surface area contributed by atoms with E-state index in [2.05, 4.69) is 5.32 Å². The zero-order valence-corrected chi connectivity index (χ0v) is 10.3. The first-order valence-corrected chi connectivity index (χ1v) is 5.62. The smallest absolute Gasteiger partial charge is 0.0582 e. The van der Waals surface area contributed by atoms with Gasteiger partial charge in [-0.2, -0.15) is 0 Å².